The molecule has 0 unspecified atom stereocenters. The number of halogens is 3. The Morgan fingerprint density at radius 3 is 3.08 bits per heavy atom. The monoisotopic (exact) mass is 342 g/mol. The molecule has 0 atom stereocenters. The summed E-state index contributed by atoms with van der Waals surface area (Å²) < 4.78 is 20.1. The van der Waals surface area contributed by atoms with Gasteiger partial charge < -0.3 is 4.74 Å². The number of fused-ring (bicyclic) bond motifs is 1. The first-order valence-corrected chi connectivity index (χ1v) is 5.36. The molecule has 1 aromatic rings. The van der Waals surface area contributed by atoms with Gasteiger partial charge in [-0.2, -0.15) is 0 Å². The Labute approximate surface area is 91.6 Å². The highest BCUT2D eigenvalue weighted by atomic mass is 127. The number of hydrogen-bond donors (Lipinski definition) is 0. The molecule has 0 radical (unpaired) electrons. The van der Waals surface area contributed by atoms with E-state index in [0.717, 1.165) is 9.32 Å². The summed E-state index contributed by atoms with van der Waals surface area (Å²) in [6.45, 7) is 0.596. The summed E-state index contributed by atoms with van der Waals surface area (Å²) in [5.74, 6) is 0.541. The molecule has 2 rings (SSSR count). The Kier molecular flexibility index (Phi) is 2.29. The Morgan fingerprint density at radius 1 is 1.58 bits per heavy atom. The van der Waals surface area contributed by atoms with Gasteiger partial charge >= 0.3 is 0 Å². The molecule has 0 aromatic heterocycles. The van der Waals surface area contributed by atoms with Crippen LogP contribution in [0.1, 0.15) is 5.56 Å². The molecule has 1 aliphatic heterocycles. The highest BCUT2D eigenvalue weighted by Crippen LogP contribution is 2.36. The van der Waals surface area contributed by atoms with Crippen molar-refractivity contribution in [3.05, 3.63) is 25.5 Å². The van der Waals surface area contributed by atoms with Crippen LogP contribution in [0.4, 0.5) is 4.39 Å². The van der Waals surface area contributed by atoms with E-state index in [2.05, 4.69) is 38.5 Å². The molecule has 0 fully saturated rings. The van der Waals surface area contributed by atoms with Crippen LogP contribution in [-0.4, -0.2) is 6.61 Å². The second-order valence-electron chi connectivity index (χ2n) is 2.56. The fourth-order valence-electron chi connectivity index (χ4n) is 1.26. The lowest BCUT2D eigenvalue weighted by Gasteiger charge is -2.04. The fraction of sp³-hybridized carbons (Fsp3) is 0.250. The quantitative estimate of drug-likeness (QED) is 0.520. The van der Waals surface area contributed by atoms with E-state index in [1.54, 1.807) is 6.07 Å². The lowest BCUT2D eigenvalue weighted by molar-refractivity contribution is 0.354. The normalized spacial score (nSPS) is 14.2. The van der Waals surface area contributed by atoms with Gasteiger partial charge in [0.2, 0.25) is 0 Å². The van der Waals surface area contributed by atoms with Gasteiger partial charge in [-0.1, -0.05) is 0 Å². The predicted octanol–water partition coefficient (Wildman–Crippen LogP) is 3.13. The third-order valence-corrected chi connectivity index (χ3v) is 3.20. The Hall–Kier alpha value is 0.160. The lowest BCUT2D eigenvalue weighted by atomic mass is 10.1. The minimum atomic E-state index is -0.178. The molecule has 64 valence electrons. The van der Waals surface area contributed by atoms with Crippen LogP contribution in [0.25, 0.3) is 0 Å². The van der Waals surface area contributed by atoms with Crippen molar-refractivity contribution < 1.29 is 9.13 Å². The van der Waals surface area contributed by atoms with Gasteiger partial charge in [0.05, 0.1) is 14.6 Å². The largest absolute Gasteiger partial charge is 0.492 e. The van der Waals surface area contributed by atoms with Crippen molar-refractivity contribution in [3.8, 4) is 5.75 Å². The molecule has 1 aromatic carbocycles. The zero-order chi connectivity index (χ0) is 8.72. The van der Waals surface area contributed by atoms with Crippen molar-refractivity contribution >= 4 is 38.5 Å². The second-order valence-corrected chi connectivity index (χ2v) is 4.58. The predicted molar refractivity (Wildman–Crippen MR) is 56.0 cm³/mol. The molecular formula is C8H5BrFIO. The van der Waals surface area contributed by atoms with E-state index < -0.39 is 0 Å². The zero-order valence-electron chi connectivity index (χ0n) is 6.03. The van der Waals surface area contributed by atoms with E-state index in [1.807, 2.05) is 0 Å². The van der Waals surface area contributed by atoms with Crippen LogP contribution >= 0.6 is 38.5 Å². The maximum absolute atomic E-state index is 13.4. The van der Waals surface area contributed by atoms with Crippen LogP contribution in [0.5, 0.6) is 5.75 Å². The Balaban J connectivity index is 2.69. The van der Waals surface area contributed by atoms with Gasteiger partial charge in [0, 0.05) is 12.0 Å². The standard InChI is InChI=1S/C8H5BrFIO/c9-5-3-6(11)8-4(7(5)10)1-2-12-8/h3H,1-2H2. The van der Waals surface area contributed by atoms with Gasteiger partial charge in [-0.25, -0.2) is 4.39 Å². The van der Waals surface area contributed by atoms with Gasteiger partial charge in [-0.15, -0.1) is 0 Å². The summed E-state index contributed by atoms with van der Waals surface area (Å²) >= 11 is 5.31. The van der Waals surface area contributed by atoms with Crippen LogP contribution in [0.15, 0.2) is 10.5 Å². The molecule has 0 spiro atoms. The topological polar surface area (TPSA) is 9.23 Å². The third kappa shape index (κ3) is 1.25. The molecule has 0 saturated carbocycles. The van der Waals surface area contributed by atoms with Crippen molar-refractivity contribution in [1.29, 1.82) is 0 Å². The SMILES string of the molecule is Fc1c(Br)cc(I)c2c1CCO2. The molecule has 4 heteroatoms. The van der Waals surface area contributed by atoms with Crippen LogP contribution < -0.4 is 4.74 Å². The number of benzene rings is 1. The van der Waals surface area contributed by atoms with Crippen molar-refractivity contribution in [1.82, 2.24) is 0 Å². The average Bonchev–Trinajstić information content (AvgIpc) is 2.48. The first-order chi connectivity index (χ1) is 5.70. The van der Waals surface area contributed by atoms with E-state index in [9.17, 15) is 4.39 Å². The van der Waals surface area contributed by atoms with Crippen LogP contribution in [0, 0.1) is 9.39 Å². The average molecular weight is 343 g/mol. The Morgan fingerprint density at radius 2 is 2.33 bits per heavy atom. The lowest BCUT2D eigenvalue weighted by Crippen LogP contribution is -1.89. The molecule has 0 aliphatic carbocycles. The maximum atomic E-state index is 13.4. The van der Waals surface area contributed by atoms with Gasteiger partial charge in [-0.3, -0.25) is 0 Å². The van der Waals surface area contributed by atoms with Crippen molar-refractivity contribution in [2.24, 2.45) is 0 Å². The zero-order valence-corrected chi connectivity index (χ0v) is 9.78. The fourth-order valence-corrected chi connectivity index (χ4v) is 2.95. The van der Waals surface area contributed by atoms with Gasteiger partial charge in [0.15, 0.2) is 0 Å². The number of hydrogen-bond acceptors (Lipinski definition) is 1. The molecular weight excluding hydrogens is 338 g/mol. The second kappa shape index (κ2) is 3.14. The maximum Gasteiger partial charge on any atom is 0.144 e. The summed E-state index contributed by atoms with van der Waals surface area (Å²) in [6.07, 6.45) is 0.677. The van der Waals surface area contributed by atoms with Crippen molar-refractivity contribution in [2.75, 3.05) is 6.61 Å². The minimum Gasteiger partial charge on any atom is -0.492 e. The van der Waals surface area contributed by atoms with E-state index in [0.29, 0.717) is 23.1 Å². The van der Waals surface area contributed by atoms with E-state index in [1.165, 1.54) is 0 Å². The molecule has 12 heavy (non-hydrogen) atoms. The van der Waals surface area contributed by atoms with E-state index in [-0.39, 0.29) is 5.82 Å². The van der Waals surface area contributed by atoms with Gasteiger partial charge in [0.25, 0.3) is 0 Å². The highest BCUT2D eigenvalue weighted by molar-refractivity contribution is 14.1. The summed E-state index contributed by atoms with van der Waals surface area (Å²) in [4.78, 5) is 0. The smallest absolute Gasteiger partial charge is 0.144 e. The summed E-state index contributed by atoms with van der Waals surface area (Å²) in [7, 11) is 0. The van der Waals surface area contributed by atoms with E-state index >= 15 is 0 Å². The van der Waals surface area contributed by atoms with Gasteiger partial charge in [-0.05, 0) is 44.6 Å². The van der Waals surface area contributed by atoms with Crippen LogP contribution in [-0.2, 0) is 6.42 Å². The molecule has 1 aliphatic rings. The van der Waals surface area contributed by atoms with Crippen molar-refractivity contribution in [3.63, 3.8) is 0 Å². The molecule has 0 N–H and O–H groups in total. The molecule has 0 bridgehead atoms. The number of ether oxygens (including phenoxy) is 1. The molecule has 1 heterocycles. The highest BCUT2D eigenvalue weighted by Gasteiger charge is 2.21. The minimum absolute atomic E-state index is 0.178. The van der Waals surface area contributed by atoms with Crippen molar-refractivity contribution in [2.45, 2.75) is 6.42 Å². The van der Waals surface area contributed by atoms with Crippen LogP contribution in [0.3, 0.4) is 0 Å². The Bertz CT molecular complexity index is 340. The van der Waals surface area contributed by atoms with E-state index in [4.69, 9.17) is 4.74 Å². The number of rotatable bonds is 0. The third-order valence-electron chi connectivity index (χ3n) is 1.82. The van der Waals surface area contributed by atoms with Gasteiger partial charge in [0.1, 0.15) is 11.6 Å². The molecule has 1 nitrogen and oxygen atoms in total. The van der Waals surface area contributed by atoms with Crippen LogP contribution in [0.2, 0.25) is 0 Å². The first-order valence-electron chi connectivity index (χ1n) is 3.49. The summed E-state index contributed by atoms with van der Waals surface area (Å²) in [6, 6.07) is 1.74. The molecule has 0 saturated heterocycles. The molecule has 0 amide bonds. The first kappa shape index (κ1) is 8.74. The summed E-state index contributed by atoms with van der Waals surface area (Å²) in [5.41, 5.74) is 0.703. The summed E-state index contributed by atoms with van der Waals surface area (Å²) in [5, 5.41) is 0.